The molecule has 1 aromatic carbocycles. The van der Waals surface area contributed by atoms with E-state index in [1.54, 1.807) is 18.7 Å². The number of ether oxygens (including phenoxy) is 1. The fraction of sp³-hybridized carbons (Fsp3) is 0.250. The van der Waals surface area contributed by atoms with Gasteiger partial charge in [-0.15, -0.1) is 5.10 Å². The molecule has 0 atom stereocenters. The Labute approximate surface area is 110 Å². The van der Waals surface area contributed by atoms with Crippen LogP contribution in [0.5, 0.6) is 5.75 Å². The molecule has 0 fully saturated rings. The molecule has 0 N–H and O–H groups in total. The lowest BCUT2D eigenvalue weighted by molar-refractivity contribution is 0.0918. The molecule has 0 saturated carbocycles. The number of hydrogen-bond acceptors (Lipinski definition) is 4. The minimum atomic E-state index is -0.199. The van der Waals surface area contributed by atoms with Gasteiger partial charge in [-0.05, 0) is 36.5 Å². The van der Waals surface area contributed by atoms with Crippen LogP contribution >= 0.6 is 12.2 Å². The summed E-state index contributed by atoms with van der Waals surface area (Å²) in [7, 11) is 3.40. The molecule has 0 aliphatic rings. The van der Waals surface area contributed by atoms with E-state index in [9.17, 15) is 4.79 Å². The molecule has 1 heterocycles. The normalized spacial score (nSPS) is 10.4. The quantitative estimate of drug-likeness (QED) is 0.780. The third-order valence-electron chi connectivity index (χ3n) is 2.63. The molecule has 2 aromatic rings. The van der Waals surface area contributed by atoms with Crippen molar-refractivity contribution >= 4 is 18.1 Å². The second-order valence-electron chi connectivity index (χ2n) is 3.82. The summed E-state index contributed by atoms with van der Waals surface area (Å²) in [5.74, 6) is 1.22. The molecular formula is C12H13N3O2S. The maximum atomic E-state index is 11.4. The van der Waals surface area contributed by atoms with Crippen LogP contribution in [0.3, 0.4) is 0 Å². The van der Waals surface area contributed by atoms with E-state index in [1.807, 2.05) is 24.3 Å². The Bertz CT molecular complexity index is 640. The maximum absolute atomic E-state index is 11.4. The molecule has 0 amide bonds. The Balaban J connectivity index is 2.53. The Morgan fingerprint density at radius 1 is 1.33 bits per heavy atom. The smallest absolute Gasteiger partial charge is 0.246 e. The van der Waals surface area contributed by atoms with Gasteiger partial charge < -0.3 is 9.30 Å². The van der Waals surface area contributed by atoms with Gasteiger partial charge in [0.15, 0.2) is 5.82 Å². The third-order valence-corrected chi connectivity index (χ3v) is 3.07. The largest absolute Gasteiger partial charge is 0.497 e. The van der Waals surface area contributed by atoms with E-state index in [0.717, 1.165) is 11.3 Å². The molecule has 0 spiro atoms. The average molecular weight is 263 g/mol. The summed E-state index contributed by atoms with van der Waals surface area (Å²) in [6.45, 7) is 1.43. The molecule has 0 aliphatic heterocycles. The Hall–Kier alpha value is -1.95. The first-order valence-corrected chi connectivity index (χ1v) is 5.77. The highest BCUT2D eigenvalue weighted by atomic mass is 32.1. The van der Waals surface area contributed by atoms with Gasteiger partial charge in [-0.1, -0.05) is 0 Å². The second-order valence-corrected chi connectivity index (χ2v) is 4.19. The summed E-state index contributed by atoms with van der Waals surface area (Å²) >= 11 is 5.16. The molecule has 1 aromatic heterocycles. The number of rotatable bonds is 2. The van der Waals surface area contributed by atoms with Gasteiger partial charge in [0.2, 0.25) is 10.7 Å². The van der Waals surface area contributed by atoms with Crippen molar-refractivity contribution in [2.45, 2.75) is 6.92 Å². The third kappa shape index (κ3) is 2.06. The van der Waals surface area contributed by atoms with Crippen molar-refractivity contribution < 1.29 is 9.53 Å². The lowest BCUT2D eigenvalue weighted by Crippen LogP contribution is -2.07. The van der Waals surface area contributed by atoms with E-state index in [-0.39, 0.29) is 5.91 Å². The monoisotopic (exact) mass is 263 g/mol. The van der Waals surface area contributed by atoms with Crippen LogP contribution < -0.4 is 4.74 Å². The molecule has 5 nitrogen and oxygen atoms in total. The van der Waals surface area contributed by atoms with Gasteiger partial charge in [-0.25, -0.2) is 0 Å². The van der Waals surface area contributed by atoms with Crippen molar-refractivity contribution in [2.24, 2.45) is 7.05 Å². The van der Waals surface area contributed by atoms with Crippen LogP contribution in [0.4, 0.5) is 0 Å². The van der Waals surface area contributed by atoms with Gasteiger partial charge >= 0.3 is 0 Å². The number of methoxy groups -OCH3 is 1. The van der Waals surface area contributed by atoms with Crippen molar-refractivity contribution in [3.05, 3.63) is 29.0 Å². The Morgan fingerprint density at radius 2 is 1.94 bits per heavy atom. The standard InChI is InChI=1S/C12H13N3O2S/c1-8(16)15-12(18)14(2)11(13-15)9-4-6-10(17-3)7-5-9/h4-7H,1-3H3. The molecule has 6 heteroatoms. The topological polar surface area (TPSA) is 49.1 Å². The van der Waals surface area contributed by atoms with Crippen molar-refractivity contribution in [1.29, 1.82) is 0 Å². The highest BCUT2D eigenvalue weighted by Gasteiger charge is 2.12. The molecule has 18 heavy (non-hydrogen) atoms. The van der Waals surface area contributed by atoms with Crippen LogP contribution in [-0.4, -0.2) is 27.4 Å². The van der Waals surface area contributed by atoms with Crippen LogP contribution in [0.2, 0.25) is 0 Å². The number of carbonyl (C=O) groups excluding carboxylic acids is 1. The van der Waals surface area contributed by atoms with Gasteiger partial charge in [0.25, 0.3) is 0 Å². The Morgan fingerprint density at radius 3 is 2.39 bits per heavy atom. The SMILES string of the molecule is COc1ccc(-c2nn(C(C)=O)c(=S)n2C)cc1. The molecule has 2 rings (SSSR count). The molecule has 0 bridgehead atoms. The fourth-order valence-electron chi connectivity index (χ4n) is 1.63. The van der Waals surface area contributed by atoms with E-state index in [4.69, 9.17) is 17.0 Å². The summed E-state index contributed by atoms with van der Waals surface area (Å²) in [5.41, 5.74) is 0.879. The molecular weight excluding hydrogens is 250 g/mol. The predicted molar refractivity (Wildman–Crippen MR) is 70.3 cm³/mol. The average Bonchev–Trinajstić information content (AvgIpc) is 2.67. The highest BCUT2D eigenvalue weighted by Crippen LogP contribution is 2.20. The molecule has 0 saturated heterocycles. The van der Waals surface area contributed by atoms with Gasteiger partial charge in [-0.2, -0.15) is 4.68 Å². The van der Waals surface area contributed by atoms with Crippen LogP contribution in [0, 0.1) is 4.77 Å². The molecule has 94 valence electrons. The van der Waals surface area contributed by atoms with Gasteiger partial charge in [-0.3, -0.25) is 4.79 Å². The zero-order valence-electron chi connectivity index (χ0n) is 10.4. The van der Waals surface area contributed by atoms with Gasteiger partial charge in [0.05, 0.1) is 7.11 Å². The number of nitrogens with zero attached hydrogens (tertiary/aromatic N) is 3. The summed E-state index contributed by atoms with van der Waals surface area (Å²) in [4.78, 5) is 11.4. The van der Waals surface area contributed by atoms with Crippen LogP contribution in [0.25, 0.3) is 11.4 Å². The van der Waals surface area contributed by atoms with E-state index in [0.29, 0.717) is 10.6 Å². The second kappa shape index (κ2) is 4.73. The first-order valence-electron chi connectivity index (χ1n) is 5.36. The number of hydrogen-bond donors (Lipinski definition) is 0. The predicted octanol–water partition coefficient (Wildman–Crippen LogP) is 2.29. The molecule has 0 unspecified atom stereocenters. The zero-order valence-corrected chi connectivity index (χ0v) is 11.2. The van der Waals surface area contributed by atoms with Crippen LogP contribution in [-0.2, 0) is 7.05 Å². The van der Waals surface area contributed by atoms with Crippen molar-refractivity contribution in [3.8, 4) is 17.1 Å². The summed E-state index contributed by atoms with van der Waals surface area (Å²) < 4.78 is 8.40. The Kier molecular flexibility index (Phi) is 3.29. The van der Waals surface area contributed by atoms with E-state index >= 15 is 0 Å². The lowest BCUT2D eigenvalue weighted by Gasteiger charge is -2.02. The summed E-state index contributed by atoms with van der Waals surface area (Å²) in [6, 6.07) is 7.43. The minimum Gasteiger partial charge on any atom is -0.497 e. The van der Waals surface area contributed by atoms with E-state index in [2.05, 4.69) is 5.10 Å². The van der Waals surface area contributed by atoms with Crippen LogP contribution in [0.1, 0.15) is 11.7 Å². The number of carbonyl (C=O) groups is 1. The van der Waals surface area contributed by atoms with E-state index in [1.165, 1.54) is 11.6 Å². The van der Waals surface area contributed by atoms with Crippen molar-refractivity contribution in [2.75, 3.05) is 7.11 Å². The van der Waals surface area contributed by atoms with Gasteiger partial charge in [0.1, 0.15) is 5.75 Å². The summed E-state index contributed by atoms with van der Waals surface area (Å²) in [6.07, 6.45) is 0. The summed E-state index contributed by atoms with van der Waals surface area (Å²) in [5, 5.41) is 4.22. The number of aromatic nitrogens is 3. The number of benzene rings is 1. The minimum absolute atomic E-state index is 0.199. The van der Waals surface area contributed by atoms with Gasteiger partial charge in [0, 0.05) is 19.5 Å². The van der Waals surface area contributed by atoms with Crippen molar-refractivity contribution in [1.82, 2.24) is 14.3 Å². The fourth-order valence-corrected chi connectivity index (χ4v) is 1.89. The maximum Gasteiger partial charge on any atom is 0.246 e. The first kappa shape index (κ1) is 12.5. The zero-order chi connectivity index (χ0) is 13.3. The first-order chi connectivity index (χ1) is 8.54. The molecule has 0 aliphatic carbocycles. The van der Waals surface area contributed by atoms with E-state index < -0.39 is 0 Å². The molecule has 0 radical (unpaired) electrons. The van der Waals surface area contributed by atoms with Crippen LogP contribution in [0.15, 0.2) is 24.3 Å². The highest BCUT2D eigenvalue weighted by molar-refractivity contribution is 7.71. The van der Waals surface area contributed by atoms with Crippen molar-refractivity contribution in [3.63, 3.8) is 0 Å². The lowest BCUT2D eigenvalue weighted by atomic mass is 10.2.